The topological polar surface area (TPSA) is 41.8 Å². The second-order valence-corrected chi connectivity index (χ2v) is 5.33. The van der Waals surface area contributed by atoms with Crippen LogP contribution >= 0.6 is 0 Å². The van der Waals surface area contributed by atoms with Crippen molar-refractivity contribution in [2.24, 2.45) is 11.1 Å². The van der Waals surface area contributed by atoms with E-state index < -0.39 is 0 Å². The average Bonchev–Trinajstić information content (AvgIpc) is 2.51. The molecule has 1 atom stereocenters. The number of aliphatic hydroxyl groups is 1. The van der Waals surface area contributed by atoms with Gasteiger partial charge in [0.05, 0.1) is 12.3 Å². The SMILES string of the molecule is C=C(O/N=C(\C)Cc1ccc2ccccc2c1)C(C)CO. The molecule has 21 heavy (non-hydrogen) atoms. The molecule has 3 nitrogen and oxygen atoms in total. The van der Waals surface area contributed by atoms with Crippen molar-refractivity contribution in [2.45, 2.75) is 20.3 Å². The zero-order valence-electron chi connectivity index (χ0n) is 12.5. The van der Waals surface area contributed by atoms with Crippen LogP contribution in [0.1, 0.15) is 19.4 Å². The summed E-state index contributed by atoms with van der Waals surface area (Å²) in [4.78, 5) is 5.25. The fourth-order valence-corrected chi connectivity index (χ4v) is 2.00. The molecule has 0 saturated carbocycles. The lowest BCUT2D eigenvalue weighted by Gasteiger charge is -2.09. The third-order valence-corrected chi connectivity index (χ3v) is 3.42. The molecule has 0 amide bonds. The molecule has 1 N–H and O–H groups in total. The monoisotopic (exact) mass is 283 g/mol. The molecule has 0 bridgehead atoms. The number of oxime groups is 1. The summed E-state index contributed by atoms with van der Waals surface area (Å²) in [5.41, 5.74) is 2.07. The zero-order valence-corrected chi connectivity index (χ0v) is 12.5. The van der Waals surface area contributed by atoms with Crippen molar-refractivity contribution in [3.05, 3.63) is 60.4 Å². The van der Waals surface area contributed by atoms with Gasteiger partial charge in [-0.1, -0.05) is 61.1 Å². The van der Waals surface area contributed by atoms with Gasteiger partial charge in [0.2, 0.25) is 0 Å². The van der Waals surface area contributed by atoms with E-state index in [0.29, 0.717) is 5.76 Å². The fourth-order valence-electron chi connectivity index (χ4n) is 2.00. The van der Waals surface area contributed by atoms with Gasteiger partial charge in [0.25, 0.3) is 0 Å². The van der Waals surface area contributed by atoms with Crippen molar-refractivity contribution in [3.8, 4) is 0 Å². The van der Waals surface area contributed by atoms with E-state index in [2.05, 4.69) is 42.1 Å². The standard InChI is InChI=1S/C18H21NO2/c1-13(12-20)15(3)21-19-14(2)10-16-8-9-17-6-4-5-7-18(17)11-16/h4-9,11,13,20H,3,10,12H2,1-2H3/b19-14+. The second-order valence-electron chi connectivity index (χ2n) is 5.33. The summed E-state index contributed by atoms with van der Waals surface area (Å²) in [6.07, 6.45) is 0.728. The summed E-state index contributed by atoms with van der Waals surface area (Å²) in [5, 5.41) is 15.5. The summed E-state index contributed by atoms with van der Waals surface area (Å²) in [5.74, 6) is 0.373. The van der Waals surface area contributed by atoms with Gasteiger partial charge in [-0.2, -0.15) is 0 Å². The van der Waals surface area contributed by atoms with Crippen molar-refractivity contribution < 1.29 is 9.94 Å². The Morgan fingerprint density at radius 3 is 2.67 bits per heavy atom. The Balaban J connectivity index is 2.03. The lowest BCUT2D eigenvalue weighted by atomic mass is 10.0. The minimum Gasteiger partial charge on any atom is -0.396 e. The fraction of sp³-hybridized carbons (Fsp3) is 0.278. The molecule has 0 saturated heterocycles. The third kappa shape index (κ3) is 4.17. The Kier molecular flexibility index (Phi) is 5.12. The Morgan fingerprint density at radius 2 is 1.95 bits per heavy atom. The summed E-state index contributed by atoms with van der Waals surface area (Å²) in [6.45, 7) is 7.53. The minimum absolute atomic E-state index is 0.0120. The van der Waals surface area contributed by atoms with Crippen molar-refractivity contribution in [2.75, 3.05) is 6.61 Å². The van der Waals surface area contributed by atoms with Gasteiger partial charge in [-0.25, -0.2) is 0 Å². The largest absolute Gasteiger partial charge is 0.396 e. The molecule has 0 aliphatic carbocycles. The van der Waals surface area contributed by atoms with E-state index in [9.17, 15) is 0 Å². The van der Waals surface area contributed by atoms with Crippen LogP contribution in [0, 0.1) is 5.92 Å². The van der Waals surface area contributed by atoms with Gasteiger partial charge < -0.3 is 9.94 Å². The van der Waals surface area contributed by atoms with E-state index in [0.717, 1.165) is 12.1 Å². The summed E-state index contributed by atoms with van der Waals surface area (Å²) >= 11 is 0. The van der Waals surface area contributed by atoms with Crippen LogP contribution in [-0.4, -0.2) is 17.4 Å². The van der Waals surface area contributed by atoms with E-state index in [4.69, 9.17) is 9.94 Å². The molecule has 0 radical (unpaired) electrons. The second kappa shape index (κ2) is 7.04. The molecule has 0 aliphatic heterocycles. The molecule has 1 unspecified atom stereocenters. The maximum atomic E-state index is 9.02. The first-order chi connectivity index (χ1) is 10.1. The van der Waals surface area contributed by atoms with Crippen LogP contribution in [0.2, 0.25) is 0 Å². The number of rotatable bonds is 6. The van der Waals surface area contributed by atoms with E-state index in [1.807, 2.05) is 26.0 Å². The molecule has 2 aromatic carbocycles. The lowest BCUT2D eigenvalue weighted by Crippen LogP contribution is -2.06. The van der Waals surface area contributed by atoms with Gasteiger partial charge in [0.15, 0.2) is 0 Å². The molecule has 110 valence electrons. The molecule has 3 heteroatoms. The highest BCUT2D eigenvalue weighted by atomic mass is 16.6. The normalized spacial score (nSPS) is 13.2. The Morgan fingerprint density at radius 1 is 1.24 bits per heavy atom. The van der Waals surface area contributed by atoms with E-state index >= 15 is 0 Å². The van der Waals surface area contributed by atoms with Gasteiger partial charge in [0, 0.05) is 12.3 Å². The molecule has 2 rings (SSSR count). The molecule has 0 heterocycles. The van der Waals surface area contributed by atoms with Crippen LogP contribution in [0.25, 0.3) is 10.8 Å². The highest BCUT2D eigenvalue weighted by molar-refractivity contribution is 5.87. The molecular formula is C18H21NO2. The average molecular weight is 283 g/mol. The van der Waals surface area contributed by atoms with Crippen LogP contribution in [0.15, 0.2) is 60.0 Å². The molecule has 2 aromatic rings. The Labute approximate surface area is 125 Å². The number of fused-ring (bicyclic) bond motifs is 1. The summed E-state index contributed by atoms with van der Waals surface area (Å²) in [6, 6.07) is 14.7. The van der Waals surface area contributed by atoms with Gasteiger partial charge in [-0.15, -0.1) is 0 Å². The maximum Gasteiger partial charge on any atom is 0.133 e. The van der Waals surface area contributed by atoms with Gasteiger partial charge in [-0.05, 0) is 23.3 Å². The highest BCUT2D eigenvalue weighted by Gasteiger charge is 2.06. The molecule has 0 spiro atoms. The van der Waals surface area contributed by atoms with E-state index in [1.54, 1.807) is 0 Å². The van der Waals surface area contributed by atoms with Gasteiger partial charge >= 0.3 is 0 Å². The van der Waals surface area contributed by atoms with Gasteiger partial charge in [-0.3, -0.25) is 0 Å². The van der Waals surface area contributed by atoms with Crippen molar-refractivity contribution in [3.63, 3.8) is 0 Å². The first kappa shape index (κ1) is 15.3. The number of aliphatic hydroxyl groups excluding tert-OH is 1. The van der Waals surface area contributed by atoms with Crippen molar-refractivity contribution >= 4 is 16.5 Å². The van der Waals surface area contributed by atoms with Crippen LogP contribution in [-0.2, 0) is 11.3 Å². The molecular weight excluding hydrogens is 262 g/mol. The third-order valence-electron chi connectivity index (χ3n) is 3.42. The van der Waals surface area contributed by atoms with E-state index in [-0.39, 0.29) is 12.5 Å². The maximum absolute atomic E-state index is 9.02. The number of hydrogen-bond acceptors (Lipinski definition) is 3. The lowest BCUT2D eigenvalue weighted by molar-refractivity contribution is 0.155. The zero-order chi connectivity index (χ0) is 15.2. The quantitative estimate of drug-likeness (QED) is 0.496. The number of hydrogen-bond donors (Lipinski definition) is 1. The number of nitrogens with zero attached hydrogens (tertiary/aromatic N) is 1. The predicted molar refractivity (Wildman–Crippen MR) is 87.2 cm³/mol. The summed E-state index contributed by atoms with van der Waals surface area (Å²) in [7, 11) is 0. The molecule has 0 fully saturated rings. The van der Waals surface area contributed by atoms with Crippen molar-refractivity contribution in [1.82, 2.24) is 0 Å². The van der Waals surface area contributed by atoms with Crippen LogP contribution in [0.4, 0.5) is 0 Å². The minimum atomic E-state index is -0.109. The van der Waals surface area contributed by atoms with Crippen molar-refractivity contribution in [1.29, 1.82) is 0 Å². The first-order valence-corrected chi connectivity index (χ1v) is 7.08. The highest BCUT2D eigenvalue weighted by Crippen LogP contribution is 2.16. The van der Waals surface area contributed by atoms with E-state index in [1.165, 1.54) is 16.3 Å². The van der Waals surface area contributed by atoms with Crippen LogP contribution in [0.3, 0.4) is 0 Å². The van der Waals surface area contributed by atoms with Crippen LogP contribution < -0.4 is 0 Å². The predicted octanol–water partition coefficient (Wildman–Crippen LogP) is 3.92. The first-order valence-electron chi connectivity index (χ1n) is 7.08. The van der Waals surface area contributed by atoms with Crippen LogP contribution in [0.5, 0.6) is 0 Å². The summed E-state index contributed by atoms with van der Waals surface area (Å²) < 4.78 is 0. The van der Waals surface area contributed by atoms with Gasteiger partial charge in [0.1, 0.15) is 5.76 Å². The Hall–Kier alpha value is -2.13. The Bertz CT molecular complexity index is 661. The smallest absolute Gasteiger partial charge is 0.133 e. The number of benzene rings is 2. The molecule has 0 aromatic heterocycles. The molecule has 0 aliphatic rings.